The van der Waals surface area contributed by atoms with Crippen LogP contribution in [0.25, 0.3) is 0 Å². The summed E-state index contributed by atoms with van der Waals surface area (Å²) in [7, 11) is 0. The first-order valence-electron chi connectivity index (χ1n) is 14.5. The van der Waals surface area contributed by atoms with Crippen molar-refractivity contribution in [1.82, 2.24) is 0 Å². The van der Waals surface area contributed by atoms with Gasteiger partial charge in [0.25, 0.3) is 0 Å². The van der Waals surface area contributed by atoms with Crippen molar-refractivity contribution in [3.63, 3.8) is 0 Å². The third kappa shape index (κ3) is 6.62. The molecule has 0 amide bonds. The minimum Gasteiger partial charge on any atom is -0.508 e. The lowest BCUT2D eigenvalue weighted by atomic mass is 9.88. The lowest BCUT2D eigenvalue weighted by Crippen LogP contribution is -2.03. The smallest absolute Gasteiger partial charge is 0.122 e. The number of phenols is 5. The highest BCUT2D eigenvalue weighted by Crippen LogP contribution is 2.37. The molecule has 0 radical (unpaired) electrons. The summed E-state index contributed by atoms with van der Waals surface area (Å²) >= 11 is 0. The molecule has 0 heterocycles. The molecule has 220 valence electrons. The van der Waals surface area contributed by atoms with Crippen molar-refractivity contribution in [2.45, 2.75) is 53.4 Å². The quantitative estimate of drug-likeness (QED) is 0.130. The zero-order valence-electron chi connectivity index (χ0n) is 25.1. The zero-order chi connectivity index (χ0) is 30.8. The van der Waals surface area contributed by atoms with Crippen molar-refractivity contribution in [2.24, 2.45) is 0 Å². The molecule has 0 aliphatic heterocycles. The summed E-state index contributed by atoms with van der Waals surface area (Å²) < 4.78 is 0. The van der Waals surface area contributed by atoms with Crippen LogP contribution in [-0.4, -0.2) is 25.5 Å². The predicted octanol–water partition coefficient (Wildman–Crippen LogP) is 7.81. The highest BCUT2D eigenvalue weighted by atomic mass is 16.3. The second-order valence-electron chi connectivity index (χ2n) is 11.7. The molecule has 5 nitrogen and oxygen atoms in total. The number of rotatable bonds is 8. The highest BCUT2D eigenvalue weighted by Gasteiger charge is 2.19. The van der Waals surface area contributed by atoms with E-state index in [1.807, 2.05) is 82.3 Å². The summed E-state index contributed by atoms with van der Waals surface area (Å²) in [4.78, 5) is 0. The van der Waals surface area contributed by atoms with Crippen LogP contribution in [0.15, 0.2) is 78.9 Å². The van der Waals surface area contributed by atoms with Crippen molar-refractivity contribution in [3.05, 3.63) is 146 Å². The molecule has 0 aromatic heterocycles. The molecule has 0 saturated carbocycles. The van der Waals surface area contributed by atoms with Gasteiger partial charge in [0.15, 0.2) is 0 Å². The summed E-state index contributed by atoms with van der Waals surface area (Å²) in [6, 6.07) is 23.9. The van der Waals surface area contributed by atoms with Crippen molar-refractivity contribution in [2.75, 3.05) is 0 Å². The second kappa shape index (κ2) is 12.1. The number of hydrogen-bond donors (Lipinski definition) is 5. The van der Waals surface area contributed by atoms with Gasteiger partial charge in [0.05, 0.1) is 0 Å². The number of hydrogen-bond acceptors (Lipinski definition) is 5. The van der Waals surface area contributed by atoms with E-state index < -0.39 is 0 Å². The Morgan fingerprint density at radius 1 is 0.419 bits per heavy atom. The minimum atomic E-state index is 0.201. The summed E-state index contributed by atoms with van der Waals surface area (Å²) in [5.74, 6) is 1.08. The Bertz CT molecular complexity index is 1780. The molecule has 0 unspecified atom stereocenters. The van der Waals surface area contributed by atoms with Gasteiger partial charge in [-0.25, -0.2) is 0 Å². The van der Waals surface area contributed by atoms with Crippen LogP contribution >= 0.6 is 0 Å². The molecule has 5 aromatic carbocycles. The largest absolute Gasteiger partial charge is 0.508 e. The fraction of sp³-hybridized carbons (Fsp3) is 0.211. The number of aryl methyl sites for hydroxylation is 3. The van der Waals surface area contributed by atoms with Crippen molar-refractivity contribution in [3.8, 4) is 28.7 Å². The second-order valence-corrected chi connectivity index (χ2v) is 11.7. The lowest BCUT2D eigenvalue weighted by Gasteiger charge is -2.19. The lowest BCUT2D eigenvalue weighted by molar-refractivity contribution is 0.457. The third-order valence-corrected chi connectivity index (χ3v) is 8.22. The summed E-state index contributed by atoms with van der Waals surface area (Å²) in [6.45, 7) is 7.87. The van der Waals surface area contributed by atoms with Gasteiger partial charge in [0.1, 0.15) is 28.7 Å². The molecule has 5 rings (SSSR count). The minimum absolute atomic E-state index is 0.201. The van der Waals surface area contributed by atoms with Gasteiger partial charge in [0, 0.05) is 31.2 Å². The molecule has 5 aromatic rings. The van der Waals surface area contributed by atoms with E-state index in [4.69, 9.17) is 0 Å². The van der Waals surface area contributed by atoms with E-state index in [2.05, 4.69) is 0 Å². The van der Waals surface area contributed by atoms with Crippen LogP contribution in [-0.2, 0) is 25.7 Å². The third-order valence-electron chi connectivity index (χ3n) is 8.22. The topological polar surface area (TPSA) is 101 Å². The molecule has 43 heavy (non-hydrogen) atoms. The van der Waals surface area contributed by atoms with Crippen LogP contribution in [0.5, 0.6) is 28.7 Å². The van der Waals surface area contributed by atoms with Crippen molar-refractivity contribution < 1.29 is 25.5 Å². The summed E-state index contributed by atoms with van der Waals surface area (Å²) in [5.41, 5.74) is 10.6. The first kappa shape index (κ1) is 29.6. The average molecular weight is 575 g/mol. The molecule has 0 fully saturated rings. The fourth-order valence-corrected chi connectivity index (χ4v) is 5.92. The Balaban J connectivity index is 1.47. The average Bonchev–Trinajstić information content (AvgIpc) is 2.96. The Labute approximate surface area is 253 Å². The SMILES string of the molecule is Cc1cc(Cc2ccc(O)cc2)c(O)c(Cc2cc(C)c(O)c(Cc3cc(C)cc(Cc4ccc(O)cc4)c3O)c2C)c1. The van der Waals surface area contributed by atoms with E-state index in [1.54, 1.807) is 24.3 Å². The Morgan fingerprint density at radius 3 is 1.26 bits per heavy atom. The van der Waals surface area contributed by atoms with Gasteiger partial charge in [0.2, 0.25) is 0 Å². The maximum Gasteiger partial charge on any atom is 0.122 e. The van der Waals surface area contributed by atoms with E-state index in [9.17, 15) is 25.5 Å². The monoisotopic (exact) mass is 574 g/mol. The normalized spacial score (nSPS) is 11.2. The van der Waals surface area contributed by atoms with E-state index in [1.165, 1.54) is 0 Å². The van der Waals surface area contributed by atoms with Crippen LogP contribution in [0.3, 0.4) is 0 Å². The van der Waals surface area contributed by atoms with Gasteiger partial charge in [-0.05, 0) is 102 Å². The number of phenolic OH excluding ortho intramolecular Hbond substituents is 5. The molecule has 0 atom stereocenters. The first-order chi connectivity index (χ1) is 20.5. The predicted molar refractivity (Wildman–Crippen MR) is 171 cm³/mol. The van der Waals surface area contributed by atoms with Crippen LogP contribution < -0.4 is 0 Å². The van der Waals surface area contributed by atoms with Gasteiger partial charge in [-0.1, -0.05) is 65.7 Å². The molecule has 0 aliphatic carbocycles. The van der Waals surface area contributed by atoms with Gasteiger partial charge >= 0.3 is 0 Å². The first-order valence-corrected chi connectivity index (χ1v) is 14.5. The van der Waals surface area contributed by atoms with Crippen LogP contribution in [0.1, 0.15) is 66.8 Å². The van der Waals surface area contributed by atoms with Crippen LogP contribution in [0.4, 0.5) is 0 Å². The molecule has 5 heteroatoms. The molecule has 0 aliphatic rings. The Hall–Kier alpha value is -4.90. The highest BCUT2D eigenvalue weighted by molar-refractivity contribution is 5.56. The van der Waals surface area contributed by atoms with E-state index >= 15 is 0 Å². The molecular weight excluding hydrogens is 536 g/mol. The molecule has 0 saturated heterocycles. The zero-order valence-corrected chi connectivity index (χ0v) is 25.1. The maximum atomic E-state index is 11.3. The summed E-state index contributed by atoms with van der Waals surface area (Å²) in [6.07, 6.45) is 1.90. The van der Waals surface area contributed by atoms with Gasteiger partial charge < -0.3 is 25.5 Å². The molecule has 0 bridgehead atoms. The van der Waals surface area contributed by atoms with Gasteiger partial charge in [-0.15, -0.1) is 0 Å². The molecular formula is C38H38O5. The van der Waals surface area contributed by atoms with Gasteiger partial charge in [-0.2, -0.15) is 0 Å². The number of aromatic hydroxyl groups is 5. The van der Waals surface area contributed by atoms with E-state index in [0.717, 1.165) is 66.8 Å². The van der Waals surface area contributed by atoms with Crippen LogP contribution in [0.2, 0.25) is 0 Å². The van der Waals surface area contributed by atoms with Gasteiger partial charge in [-0.3, -0.25) is 0 Å². The maximum absolute atomic E-state index is 11.3. The molecule has 0 spiro atoms. The van der Waals surface area contributed by atoms with Crippen LogP contribution in [0, 0.1) is 27.7 Å². The summed E-state index contributed by atoms with van der Waals surface area (Å²) in [5, 5.41) is 53.0. The fourth-order valence-electron chi connectivity index (χ4n) is 5.92. The molecule has 5 N–H and O–H groups in total. The Morgan fingerprint density at radius 2 is 0.814 bits per heavy atom. The van der Waals surface area contributed by atoms with E-state index in [0.29, 0.717) is 25.7 Å². The number of benzene rings is 5. The van der Waals surface area contributed by atoms with Crippen molar-refractivity contribution >= 4 is 0 Å². The van der Waals surface area contributed by atoms with Crippen molar-refractivity contribution in [1.29, 1.82) is 0 Å². The van der Waals surface area contributed by atoms with E-state index in [-0.39, 0.29) is 28.7 Å². The standard InChI is InChI=1S/C38H38O5/c1-22-13-29(18-26-5-9-33(39)10-6-26)37(42)31(15-22)20-28-17-24(3)36(41)35(25(28)4)21-32-16-23(2)14-30(38(32)43)19-27-7-11-34(40)12-8-27/h5-17,39-43H,18-21H2,1-4H3. The Kier molecular flexibility index (Phi) is 8.36.